The number of rotatable bonds is 5. The molecule has 1 saturated carbocycles. The van der Waals surface area contributed by atoms with Crippen molar-refractivity contribution in [3.8, 4) is 5.75 Å². The Hall–Kier alpha value is -1.02. The van der Waals surface area contributed by atoms with Crippen LogP contribution in [-0.4, -0.2) is 19.2 Å². The van der Waals surface area contributed by atoms with E-state index in [1.165, 1.54) is 31.2 Å². The molecular weight excluding hydrogens is 258 g/mol. The predicted molar refractivity (Wildman–Crippen MR) is 90.1 cm³/mol. The van der Waals surface area contributed by atoms with Crippen molar-refractivity contribution in [2.75, 3.05) is 13.2 Å². The second-order valence-electron chi connectivity index (χ2n) is 7.55. The van der Waals surface area contributed by atoms with E-state index in [-0.39, 0.29) is 5.41 Å². The minimum absolute atomic E-state index is 0.206. The molecule has 2 unspecified atom stereocenters. The Balaban J connectivity index is 1.69. The van der Waals surface area contributed by atoms with E-state index in [9.17, 15) is 0 Å². The molecule has 1 N–H and O–H groups in total. The number of nitrogens with one attached hydrogen (secondary N) is 1. The maximum absolute atomic E-state index is 5.83. The molecule has 0 spiro atoms. The molecule has 2 atom stereocenters. The third-order valence-electron chi connectivity index (χ3n) is 4.46. The summed E-state index contributed by atoms with van der Waals surface area (Å²) in [5.74, 6) is 1.85. The van der Waals surface area contributed by atoms with Crippen molar-refractivity contribution in [3.63, 3.8) is 0 Å². The van der Waals surface area contributed by atoms with Gasteiger partial charge in [0, 0.05) is 12.6 Å². The topological polar surface area (TPSA) is 21.3 Å². The molecule has 0 saturated heterocycles. The lowest BCUT2D eigenvalue weighted by Gasteiger charge is -2.27. The highest BCUT2D eigenvalue weighted by molar-refractivity contribution is 5.31. The molecule has 1 aromatic rings. The average Bonchev–Trinajstić information content (AvgIpc) is 2.43. The van der Waals surface area contributed by atoms with E-state index < -0.39 is 0 Å². The fourth-order valence-corrected chi connectivity index (χ4v) is 3.10. The first-order valence-electron chi connectivity index (χ1n) is 8.42. The SMILES string of the molecule is CC1CCCC(NCCOc2ccc(C(C)(C)C)cc2)C1. The first-order chi connectivity index (χ1) is 9.95. The van der Waals surface area contributed by atoms with Crippen LogP contribution < -0.4 is 10.1 Å². The molecule has 2 nitrogen and oxygen atoms in total. The van der Waals surface area contributed by atoms with Gasteiger partial charge in [-0.3, -0.25) is 0 Å². The van der Waals surface area contributed by atoms with E-state index in [1.54, 1.807) is 0 Å². The highest BCUT2D eigenvalue weighted by atomic mass is 16.5. The first-order valence-corrected chi connectivity index (χ1v) is 8.42. The molecule has 1 aliphatic carbocycles. The average molecular weight is 289 g/mol. The van der Waals surface area contributed by atoms with Gasteiger partial charge in [0.1, 0.15) is 12.4 Å². The van der Waals surface area contributed by atoms with E-state index in [0.29, 0.717) is 6.04 Å². The number of hydrogen-bond donors (Lipinski definition) is 1. The van der Waals surface area contributed by atoms with Gasteiger partial charge >= 0.3 is 0 Å². The van der Waals surface area contributed by atoms with Crippen LogP contribution >= 0.6 is 0 Å². The van der Waals surface area contributed by atoms with E-state index in [4.69, 9.17) is 4.74 Å². The van der Waals surface area contributed by atoms with Gasteiger partial charge in [0.15, 0.2) is 0 Å². The molecule has 0 bridgehead atoms. The van der Waals surface area contributed by atoms with E-state index in [1.807, 2.05) is 0 Å². The Morgan fingerprint density at radius 2 is 1.86 bits per heavy atom. The van der Waals surface area contributed by atoms with Crippen molar-refractivity contribution in [1.29, 1.82) is 0 Å². The predicted octanol–water partition coefficient (Wildman–Crippen LogP) is 4.53. The summed E-state index contributed by atoms with van der Waals surface area (Å²) in [7, 11) is 0. The molecule has 1 aromatic carbocycles. The monoisotopic (exact) mass is 289 g/mol. The lowest BCUT2D eigenvalue weighted by Crippen LogP contribution is -2.36. The largest absolute Gasteiger partial charge is 0.492 e. The molecule has 1 fully saturated rings. The van der Waals surface area contributed by atoms with Gasteiger partial charge < -0.3 is 10.1 Å². The number of hydrogen-bond acceptors (Lipinski definition) is 2. The maximum Gasteiger partial charge on any atom is 0.119 e. The molecular formula is C19H31NO. The minimum atomic E-state index is 0.206. The highest BCUT2D eigenvalue weighted by Gasteiger charge is 2.17. The van der Waals surface area contributed by atoms with Crippen molar-refractivity contribution >= 4 is 0 Å². The zero-order valence-electron chi connectivity index (χ0n) is 14.1. The molecule has 0 aliphatic heterocycles. The van der Waals surface area contributed by atoms with Crippen molar-refractivity contribution < 1.29 is 4.74 Å². The van der Waals surface area contributed by atoms with Crippen LogP contribution in [0.4, 0.5) is 0 Å². The van der Waals surface area contributed by atoms with Gasteiger partial charge in [-0.05, 0) is 41.9 Å². The second kappa shape index (κ2) is 7.31. The van der Waals surface area contributed by atoms with Crippen LogP contribution in [0.25, 0.3) is 0 Å². The summed E-state index contributed by atoms with van der Waals surface area (Å²) in [6.07, 6.45) is 5.41. The Kier molecular flexibility index (Phi) is 5.69. The Morgan fingerprint density at radius 1 is 1.14 bits per heavy atom. The maximum atomic E-state index is 5.83. The number of ether oxygens (including phenoxy) is 1. The Morgan fingerprint density at radius 3 is 2.48 bits per heavy atom. The van der Waals surface area contributed by atoms with Crippen LogP contribution in [0.3, 0.4) is 0 Å². The third-order valence-corrected chi connectivity index (χ3v) is 4.46. The summed E-state index contributed by atoms with van der Waals surface area (Å²) in [6.45, 7) is 10.8. The fraction of sp³-hybridized carbons (Fsp3) is 0.684. The van der Waals surface area contributed by atoms with E-state index in [2.05, 4.69) is 57.3 Å². The van der Waals surface area contributed by atoms with Crippen LogP contribution in [0.2, 0.25) is 0 Å². The number of benzene rings is 1. The lowest BCUT2D eigenvalue weighted by atomic mass is 9.87. The zero-order chi connectivity index (χ0) is 15.3. The van der Waals surface area contributed by atoms with Gasteiger partial charge in [-0.1, -0.05) is 52.7 Å². The van der Waals surface area contributed by atoms with Crippen LogP contribution in [0.5, 0.6) is 5.75 Å². The molecule has 2 heteroatoms. The van der Waals surface area contributed by atoms with Crippen LogP contribution in [0, 0.1) is 5.92 Å². The molecule has 118 valence electrons. The van der Waals surface area contributed by atoms with Gasteiger partial charge in [0.2, 0.25) is 0 Å². The van der Waals surface area contributed by atoms with Crippen LogP contribution in [-0.2, 0) is 5.41 Å². The van der Waals surface area contributed by atoms with Crippen LogP contribution in [0.1, 0.15) is 58.9 Å². The minimum Gasteiger partial charge on any atom is -0.492 e. The molecule has 0 heterocycles. The summed E-state index contributed by atoms with van der Waals surface area (Å²) in [5.41, 5.74) is 1.56. The Labute approximate surface area is 130 Å². The van der Waals surface area contributed by atoms with Crippen molar-refractivity contribution in [2.24, 2.45) is 5.92 Å². The van der Waals surface area contributed by atoms with Crippen molar-refractivity contribution in [3.05, 3.63) is 29.8 Å². The van der Waals surface area contributed by atoms with Gasteiger partial charge in [-0.2, -0.15) is 0 Å². The zero-order valence-corrected chi connectivity index (χ0v) is 14.1. The summed E-state index contributed by atoms with van der Waals surface area (Å²) in [4.78, 5) is 0. The summed E-state index contributed by atoms with van der Waals surface area (Å²) in [6, 6.07) is 9.21. The van der Waals surface area contributed by atoms with Crippen LogP contribution in [0.15, 0.2) is 24.3 Å². The van der Waals surface area contributed by atoms with Crippen molar-refractivity contribution in [2.45, 2.75) is 64.8 Å². The normalized spacial score (nSPS) is 23.0. The molecule has 1 aliphatic rings. The van der Waals surface area contributed by atoms with E-state index in [0.717, 1.165) is 24.8 Å². The van der Waals surface area contributed by atoms with Gasteiger partial charge in [0.25, 0.3) is 0 Å². The molecule has 0 aromatic heterocycles. The molecule has 0 radical (unpaired) electrons. The lowest BCUT2D eigenvalue weighted by molar-refractivity contribution is 0.266. The second-order valence-corrected chi connectivity index (χ2v) is 7.55. The quantitative estimate of drug-likeness (QED) is 0.804. The molecule has 21 heavy (non-hydrogen) atoms. The van der Waals surface area contributed by atoms with E-state index >= 15 is 0 Å². The first kappa shape index (κ1) is 16.4. The molecule has 2 rings (SSSR count). The molecule has 0 amide bonds. The van der Waals surface area contributed by atoms with Crippen molar-refractivity contribution in [1.82, 2.24) is 5.32 Å². The van der Waals surface area contributed by atoms with Gasteiger partial charge in [0.05, 0.1) is 0 Å². The summed E-state index contributed by atoms with van der Waals surface area (Å²) in [5, 5.41) is 3.63. The smallest absolute Gasteiger partial charge is 0.119 e. The summed E-state index contributed by atoms with van der Waals surface area (Å²) < 4.78 is 5.83. The fourth-order valence-electron chi connectivity index (χ4n) is 3.10. The third kappa shape index (κ3) is 5.35. The van der Waals surface area contributed by atoms with Gasteiger partial charge in [-0.25, -0.2) is 0 Å². The summed E-state index contributed by atoms with van der Waals surface area (Å²) >= 11 is 0. The highest BCUT2D eigenvalue weighted by Crippen LogP contribution is 2.24. The van der Waals surface area contributed by atoms with Gasteiger partial charge in [-0.15, -0.1) is 0 Å². The standard InChI is InChI=1S/C19H31NO/c1-15-6-5-7-17(14-15)20-12-13-21-18-10-8-16(9-11-18)19(2,3)4/h8-11,15,17,20H,5-7,12-14H2,1-4H3. The Bertz CT molecular complexity index is 418.